The number of carbonyl (C=O) groups is 1. The summed E-state index contributed by atoms with van der Waals surface area (Å²) in [5.74, 6) is 0.866. The van der Waals surface area contributed by atoms with E-state index in [1.165, 1.54) is 9.96 Å². The molecule has 0 aliphatic carbocycles. The van der Waals surface area contributed by atoms with E-state index in [9.17, 15) is 9.59 Å². The lowest BCUT2D eigenvalue weighted by molar-refractivity contribution is -0.122. The van der Waals surface area contributed by atoms with Gasteiger partial charge in [0, 0.05) is 6.54 Å². The molecule has 0 saturated heterocycles. The normalized spacial score (nSPS) is 11.3. The summed E-state index contributed by atoms with van der Waals surface area (Å²) in [6.45, 7) is 6.41. The van der Waals surface area contributed by atoms with Gasteiger partial charge < -0.3 is 10.1 Å². The van der Waals surface area contributed by atoms with Gasteiger partial charge in [-0.15, -0.1) is 5.10 Å². The van der Waals surface area contributed by atoms with Gasteiger partial charge in [0.1, 0.15) is 12.3 Å². The van der Waals surface area contributed by atoms with Gasteiger partial charge in [0.2, 0.25) is 11.6 Å². The molecule has 1 amide bonds. The van der Waals surface area contributed by atoms with Gasteiger partial charge in [-0.25, -0.2) is 18.9 Å². The Kier molecular flexibility index (Phi) is 6.25. The van der Waals surface area contributed by atoms with E-state index in [4.69, 9.17) is 4.74 Å². The Bertz CT molecular complexity index is 1600. The smallest absolute Gasteiger partial charge is 0.351 e. The second kappa shape index (κ2) is 9.65. The number of para-hydroxylation sites is 2. The molecule has 0 spiro atoms. The highest BCUT2D eigenvalue weighted by atomic mass is 16.5. The van der Waals surface area contributed by atoms with Crippen LogP contribution in [0.3, 0.4) is 0 Å². The van der Waals surface area contributed by atoms with Crippen molar-refractivity contribution in [3.63, 3.8) is 0 Å². The number of nitrogens with one attached hydrogen (secondary N) is 1. The number of carbonyl (C=O) groups excluding carboxylic acids is 1. The van der Waals surface area contributed by atoms with Gasteiger partial charge in [0.25, 0.3) is 5.88 Å². The average Bonchev–Trinajstić information content (AvgIpc) is 3.20. The number of fused-ring (bicyclic) bond motifs is 3. The zero-order chi connectivity index (χ0) is 25.2. The van der Waals surface area contributed by atoms with Crippen LogP contribution in [0.5, 0.6) is 11.6 Å². The van der Waals surface area contributed by atoms with Gasteiger partial charge in [-0.2, -0.15) is 0 Å². The second-order valence-corrected chi connectivity index (χ2v) is 9.09. The third-order valence-corrected chi connectivity index (χ3v) is 6.04. The van der Waals surface area contributed by atoms with E-state index >= 15 is 0 Å². The first-order valence-corrected chi connectivity index (χ1v) is 11.9. The summed E-state index contributed by atoms with van der Waals surface area (Å²) in [5.41, 5.74) is 4.31. The van der Waals surface area contributed by atoms with Crippen LogP contribution in [0.25, 0.3) is 16.7 Å². The van der Waals surface area contributed by atoms with E-state index in [0.29, 0.717) is 29.2 Å². The van der Waals surface area contributed by atoms with E-state index < -0.39 is 5.69 Å². The highest BCUT2D eigenvalue weighted by Crippen LogP contribution is 2.27. The van der Waals surface area contributed by atoms with Crippen molar-refractivity contribution >= 4 is 22.6 Å². The zero-order valence-electron chi connectivity index (χ0n) is 20.4. The van der Waals surface area contributed by atoms with Crippen LogP contribution in [0.15, 0.2) is 77.6 Å². The molecule has 8 heteroatoms. The minimum atomic E-state index is -0.436. The number of benzene rings is 3. The molecule has 0 radical (unpaired) electrons. The topological polar surface area (TPSA) is 90.5 Å². The lowest BCUT2D eigenvalue weighted by Crippen LogP contribution is -2.32. The van der Waals surface area contributed by atoms with Gasteiger partial charge in [-0.3, -0.25) is 4.79 Å². The maximum Gasteiger partial charge on any atom is 0.351 e. The molecule has 8 nitrogen and oxygen atoms in total. The van der Waals surface area contributed by atoms with Gasteiger partial charge >= 0.3 is 5.69 Å². The summed E-state index contributed by atoms with van der Waals surface area (Å²) in [5, 5.41) is 7.28. The van der Waals surface area contributed by atoms with Crippen molar-refractivity contribution in [1.29, 1.82) is 0 Å². The van der Waals surface area contributed by atoms with Crippen molar-refractivity contribution in [2.75, 3.05) is 0 Å². The van der Waals surface area contributed by atoms with Gasteiger partial charge in [0.15, 0.2) is 0 Å². The van der Waals surface area contributed by atoms with Crippen molar-refractivity contribution < 1.29 is 9.53 Å². The fraction of sp³-hybridized carbons (Fsp3) is 0.214. The van der Waals surface area contributed by atoms with Crippen molar-refractivity contribution in [3.05, 3.63) is 100.0 Å². The highest BCUT2D eigenvalue weighted by molar-refractivity contribution is 5.80. The number of aromatic nitrogens is 4. The highest BCUT2D eigenvalue weighted by Gasteiger charge is 2.19. The largest absolute Gasteiger partial charge is 0.436 e. The summed E-state index contributed by atoms with van der Waals surface area (Å²) in [6.07, 6.45) is 0. The molecule has 1 N–H and O–H groups in total. The molecule has 2 aromatic heterocycles. The predicted octanol–water partition coefficient (Wildman–Crippen LogP) is 4.58. The predicted molar refractivity (Wildman–Crippen MR) is 138 cm³/mol. The summed E-state index contributed by atoms with van der Waals surface area (Å²) in [4.78, 5) is 30.6. The van der Waals surface area contributed by atoms with Crippen LogP contribution in [0, 0.1) is 6.92 Å². The maximum atomic E-state index is 13.3. The standard InChI is InChI=1S/C28H27N5O3/c1-18(2)21-12-14-22(15-13-21)36-27-26-31-32(17-25(34)29-16-20-10-8-19(3)9-11-20)28(35)33(26)24-7-5-4-6-23(24)30-27/h4-15,18H,16-17H2,1-3H3,(H,29,34). The number of hydrogen-bond acceptors (Lipinski definition) is 5. The maximum absolute atomic E-state index is 13.3. The Hall–Kier alpha value is -4.46. The van der Waals surface area contributed by atoms with Crippen molar-refractivity contribution in [2.45, 2.75) is 39.8 Å². The van der Waals surface area contributed by atoms with Gasteiger partial charge in [0.05, 0.1) is 11.0 Å². The molecular weight excluding hydrogens is 454 g/mol. The summed E-state index contributed by atoms with van der Waals surface area (Å²) in [6, 6.07) is 22.9. The van der Waals surface area contributed by atoms with Crippen LogP contribution in [0.4, 0.5) is 0 Å². The number of amides is 1. The molecule has 0 saturated carbocycles. The Labute approximate surface area is 208 Å². The molecule has 2 heterocycles. The first-order chi connectivity index (χ1) is 17.4. The Morgan fingerprint density at radius 1 is 1.00 bits per heavy atom. The zero-order valence-corrected chi connectivity index (χ0v) is 20.4. The Balaban J connectivity index is 1.46. The molecule has 0 unspecified atom stereocenters. The van der Waals surface area contributed by atoms with E-state index in [1.807, 2.05) is 73.7 Å². The summed E-state index contributed by atoms with van der Waals surface area (Å²) < 4.78 is 8.65. The Morgan fingerprint density at radius 3 is 2.44 bits per heavy atom. The SMILES string of the molecule is Cc1ccc(CNC(=O)Cn2nc3c(Oc4ccc(C(C)C)cc4)nc4ccccc4n3c2=O)cc1. The molecule has 0 aliphatic rings. The number of hydrogen-bond donors (Lipinski definition) is 1. The number of nitrogens with zero attached hydrogens (tertiary/aromatic N) is 4. The van der Waals surface area contributed by atoms with E-state index in [1.54, 1.807) is 6.07 Å². The molecule has 0 atom stereocenters. The Morgan fingerprint density at radius 2 is 1.72 bits per heavy atom. The first kappa shape index (κ1) is 23.3. The van der Waals surface area contributed by atoms with Gasteiger partial charge in [-0.05, 0) is 48.2 Å². The van der Waals surface area contributed by atoms with E-state index in [2.05, 4.69) is 29.2 Å². The van der Waals surface area contributed by atoms with Crippen molar-refractivity contribution in [3.8, 4) is 11.6 Å². The van der Waals surface area contributed by atoms with Crippen LogP contribution in [-0.4, -0.2) is 25.1 Å². The van der Waals surface area contributed by atoms with Crippen LogP contribution in [0.1, 0.15) is 36.5 Å². The average molecular weight is 482 g/mol. The van der Waals surface area contributed by atoms with Crippen LogP contribution in [0.2, 0.25) is 0 Å². The molecule has 5 rings (SSSR count). The number of ether oxygens (including phenoxy) is 1. The molecule has 182 valence electrons. The van der Waals surface area contributed by atoms with Crippen molar-refractivity contribution in [1.82, 2.24) is 24.5 Å². The lowest BCUT2D eigenvalue weighted by atomic mass is 10.0. The van der Waals surface area contributed by atoms with Crippen LogP contribution < -0.4 is 15.7 Å². The van der Waals surface area contributed by atoms with Crippen molar-refractivity contribution in [2.24, 2.45) is 0 Å². The first-order valence-electron chi connectivity index (χ1n) is 11.9. The van der Waals surface area contributed by atoms with E-state index in [-0.39, 0.29) is 24.0 Å². The molecular formula is C28H27N5O3. The molecule has 0 bridgehead atoms. The number of rotatable bonds is 7. The second-order valence-electron chi connectivity index (χ2n) is 9.09. The lowest BCUT2D eigenvalue weighted by Gasteiger charge is -2.09. The fourth-order valence-electron chi connectivity index (χ4n) is 3.97. The third kappa shape index (κ3) is 4.70. The number of aryl methyl sites for hydroxylation is 1. The van der Waals surface area contributed by atoms with Crippen LogP contribution >= 0.6 is 0 Å². The summed E-state index contributed by atoms with van der Waals surface area (Å²) in [7, 11) is 0. The molecule has 0 aliphatic heterocycles. The molecule has 3 aromatic carbocycles. The minimum absolute atomic E-state index is 0.196. The minimum Gasteiger partial charge on any atom is -0.436 e. The fourth-order valence-corrected chi connectivity index (χ4v) is 3.97. The molecule has 36 heavy (non-hydrogen) atoms. The molecule has 5 aromatic rings. The third-order valence-electron chi connectivity index (χ3n) is 6.04. The van der Waals surface area contributed by atoms with E-state index in [0.717, 1.165) is 15.8 Å². The quantitative estimate of drug-likeness (QED) is 0.367. The van der Waals surface area contributed by atoms with Gasteiger partial charge in [-0.1, -0.05) is 67.9 Å². The summed E-state index contributed by atoms with van der Waals surface area (Å²) >= 11 is 0. The molecule has 0 fully saturated rings. The van der Waals surface area contributed by atoms with Crippen LogP contribution in [-0.2, 0) is 17.9 Å². The monoisotopic (exact) mass is 481 g/mol.